The van der Waals surface area contributed by atoms with Crippen molar-refractivity contribution < 1.29 is 9.53 Å². The molecule has 0 aliphatic heterocycles. The SMILES string of the molecule is CCCCNc1cc(C(=O)Nc2ccc(OC(C)C)cc2)nc(C)n1. The van der Waals surface area contributed by atoms with Crippen LogP contribution in [0.3, 0.4) is 0 Å². The van der Waals surface area contributed by atoms with E-state index in [0.717, 1.165) is 25.1 Å². The predicted octanol–water partition coefficient (Wildman–Crippen LogP) is 4.04. The van der Waals surface area contributed by atoms with Gasteiger partial charge in [-0.25, -0.2) is 9.97 Å². The van der Waals surface area contributed by atoms with Crippen LogP contribution in [0.5, 0.6) is 5.75 Å². The van der Waals surface area contributed by atoms with Gasteiger partial charge in [-0.15, -0.1) is 0 Å². The lowest BCUT2D eigenvalue weighted by Crippen LogP contribution is -2.16. The number of hydrogen-bond donors (Lipinski definition) is 2. The van der Waals surface area contributed by atoms with E-state index in [2.05, 4.69) is 27.5 Å². The molecule has 0 atom stereocenters. The Labute approximate surface area is 149 Å². The van der Waals surface area contributed by atoms with Gasteiger partial charge in [0.15, 0.2) is 0 Å². The van der Waals surface area contributed by atoms with Gasteiger partial charge in [0, 0.05) is 18.3 Å². The van der Waals surface area contributed by atoms with E-state index in [4.69, 9.17) is 4.74 Å². The van der Waals surface area contributed by atoms with Crippen molar-refractivity contribution in [3.05, 3.63) is 41.9 Å². The summed E-state index contributed by atoms with van der Waals surface area (Å²) in [5.74, 6) is 1.74. The smallest absolute Gasteiger partial charge is 0.274 e. The van der Waals surface area contributed by atoms with Gasteiger partial charge in [-0.1, -0.05) is 13.3 Å². The van der Waals surface area contributed by atoms with Crippen LogP contribution in [0.15, 0.2) is 30.3 Å². The molecule has 25 heavy (non-hydrogen) atoms. The van der Waals surface area contributed by atoms with Crippen molar-refractivity contribution in [2.45, 2.75) is 46.6 Å². The van der Waals surface area contributed by atoms with Crippen LogP contribution in [0.4, 0.5) is 11.5 Å². The number of hydrogen-bond acceptors (Lipinski definition) is 5. The molecular formula is C19H26N4O2. The molecule has 0 spiro atoms. The molecule has 1 amide bonds. The molecule has 0 saturated heterocycles. The van der Waals surface area contributed by atoms with Gasteiger partial charge in [-0.3, -0.25) is 4.79 Å². The summed E-state index contributed by atoms with van der Waals surface area (Å²) in [5, 5.41) is 6.07. The van der Waals surface area contributed by atoms with Crippen LogP contribution < -0.4 is 15.4 Å². The zero-order valence-corrected chi connectivity index (χ0v) is 15.3. The summed E-state index contributed by atoms with van der Waals surface area (Å²) in [7, 11) is 0. The molecule has 0 radical (unpaired) electrons. The highest BCUT2D eigenvalue weighted by atomic mass is 16.5. The molecular weight excluding hydrogens is 316 g/mol. The van der Waals surface area contributed by atoms with Crippen molar-refractivity contribution >= 4 is 17.4 Å². The van der Waals surface area contributed by atoms with E-state index in [0.29, 0.717) is 23.0 Å². The molecule has 2 aromatic rings. The minimum Gasteiger partial charge on any atom is -0.491 e. The summed E-state index contributed by atoms with van der Waals surface area (Å²) >= 11 is 0. The lowest BCUT2D eigenvalue weighted by Gasteiger charge is -2.11. The van der Waals surface area contributed by atoms with Gasteiger partial charge in [0.25, 0.3) is 5.91 Å². The summed E-state index contributed by atoms with van der Waals surface area (Å²) in [6.45, 7) is 8.67. The van der Waals surface area contributed by atoms with Crippen molar-refractivity contribution in [2.24, 2.45) is 0 Å². The highest BCUT2D eigenvalue weighted by Gasteiger charge is 2.11. The second-order valence-electron chi connectivity index (χ2n) is 6.11. The first-order valence-electron chi connectivity index (χ1n) is 8.65. The van der Waals surface area contributed by atoms with Gasteiger partial charge in [0.2, 0.25) is 0 Å². The Hall–Kier alpha value is -2.63. The fourth-order valence-electron chi connectivity index (χ4n) is 2.25. The maximum atomic E-state index is 12.5. The number of ether oxygens (including phenoxy) is 1. The number of nitrogens with zero attached hydrogens (tertiary/aromatic N) is 2. The van der Waals surface area contributed by atoms with Crippen LogP contribution in [-0.4, -0.2) is 28.5 Å². The van der Waals surface area contributed by atoms with E-state index < -0.39 is 0 Å². The summed E-state index contributed by atoms with van der Waals surface area (Å²) in [6.07, 6.45) is 2.26. The number of aryl methyl sites for hydroxylation is 1. The van der Waals surface area contributed by atoms with Crippen molar-refractivity contribution in [1.29, 1.82) is 0 Å². The van der Waals surface area contributed by atoms with Crippen LogP contribution in [0.2, 0.25) is 0 Å². The normalized spacial score (nSPS) is 10.6. The Morgan fingerprint density at radius 3 is 2.56 bits per heavy atom. The van der Waals surface area contributed by atoms with E-state index in [1.165, 1.54) is 0 Å². The van der Waals surface area contributed by atoms with Crippen LogP contribution in [0.25, 0.3) is 0 Å². The summed E-state index contributed by atoms with van der Waals surface area (Å²) in [4.78, 5) is 21.0. The first kappa shape index (κ1) is 18.7. The van der Waals surface area contributed by atoms with Gasteiger partial charge < -0.3 is 15.4 Å². The number of aromatic nitrogens is 2. The van der Waals surface area contributed by atoms with Crippen LogP contribution in [0, 0.1) is 6.92 Å². The van der Waals surface area contributed by atoms with E-state index in [-0.39, 0.29) is 12.0 Å². The second kappa shape index (κ2) is 9.01. The number of rotatable bonds is 8. The van der Waals surface area contributed by atoms with Gasteiger partial charge in [0.1, 0.15) is 23.1 Å². The molecule has 1 aromatic carbocycles. The molecule has 2 N–H and O–H groups in total. The number of carbonyl (C=O) groups is 1. The Morgan fingerprint density at radius 2 is 1.92 bits per heavy atom. The van der Waals surface area contributed by atoms with E-state index in [9.17, 15) is 4.79 Å². The third kappa shape index (κ3) is 6.06. The largest absolute Gasteiger partial charge is 0.491 e. The maximum Gasteiger partial charge on any atom is 0.274 e. The maximum absolute atomic E-state index is 12.5. The monoisotopic (exact) mass is 342 g/mol. The molecule has 2 rings (SSSR count). The number of anilines is 2. The van der Waals surface area contributed by atoms with Crippen molar-refractivity contribution in [3.63, 3.8) is 0 Å². The average Bonchev–Trinajstić information content (AvgIpc) is 2.56. The molecule has 0 unspecified atom stereocenters. The number of amides is 1. The minimum absolute atomic E-state index is 0.114. The fourth-order valence-corrected chi connectivity index (χ4v) is 2.25. The first-order chi connectivity index (χ1) is 12.0. The van der Waals surface area contributed by atoms with Crippen LogP contribution in [0.1, 0.15) is 49.9 Å². The highest BCUT2D eigenvalue weighted by Crippen LogP contribution is 2.18. The van der Waals surface area contributed by atoms with Crippen molar-refractivity contribution in [2.75, 3.05) is 17.2 Å². The Morgan fingerprint density at radius 1 is 1.20 bits per heavy atom. The topological polar surface area (TPSA) is 76.1 Å². The van der Waals surface area contributed by atoms with Crippen molar-refractivity contribution in [3.8, 4) is 5.75 Å². The summed E-state index contributed by atoms with van der Waals surface area (Å²) < 4.78 is 5.60. The Kier molecular flexibility index (Phi) is 6.74. The van der Waals surface area contributed by atoms with Crippen LogP contribution >= 0.6 is 0 Å². The molecule has 1 aromatic heterocycles. The predicted molar refractivity (Wildman–Crippen MR) is 100 cm³/mol. The Balaban J connectivity index is 2.04. The summed E-state index contributed by atoms with van der Waals surface area (Å²) in [5.41, 5.74) is 1.03. The number of unbranched alkanes of at least 4 members (excludes halogenated alkanes) is 1. The zero-order valence-electron chi connectivity index (χ0n) is 15.3. The standard InChI is InChI=1S/C19H26N4O2/c1-5-6-11-20-18-12-17(21-14(4)22-18)19(24)23-15-7-9-16(10-8-15)25-13(2)3/h7-10,12-13H,5-6,11H2,1-4H3,(H,23,24)(H,20,21,22). The molecule has 134 valence electrons. The molecule has 1 heterocycles. The van der Waals surface area contributed by atoms with E-state index in [1.807, 2.05) is 38.1 Å². The number of carbonyl (C=O) groups excluding carboxylic acids is 1. The summed E-state index contributed by atoms with van der Waals surface area (Å²) in [6, 6.07) is 8.96. The van der Waals surface area contributed by atoms with E-state index in [1.54, 1.807) is 13.0 Å². The second-order valence-corrected chi connectivity index (χ2v) is 6.11. The third-order valence-corrected chi connectivity index (χ3v) is 3.39. The highest BCUT2D eigenvalue weighted by molar-refractivity contribution is 6.03. The molecule has 0 bridgehead atoms. The lowest BCUT2D eigenvalue weighted by atomic mass is 10.2. The van der Waals surface area contributed by atoms with Gasteiger partial charge in [-0.05, 0) is 51.5 Å². The van der Waals surface area contributed by atoms with Gasteiger partial charge >= 0.3 is 0 Å². The number of benzene rings is 1. The number of nitrogens with one attached hydrogen (secondary N) is 2. The molecule has 0 aliphatic rings. The molecule has 0 fully saturated rings. The first-order valence-corrected chi connectivity index (χ1v) is 8.65. The minimum atomic E-state index is -0.262. The van der Waals surface area contributed by atoms with Gasteiger partial charge in [-0.2, -0.15) is 0 Å². The quantitative estimate of drug-likeness (QED) is 0.708. The molecule has 6 heteroatoms. The fraction of sp³-hybridized carbons (Fsp3) is 0.421. The third-order valence-electron chi connectivity index (χ3n) is 3.39. The van der Waals surface area contributed by atoms with Gasteiger partial charge in [0.05, 0.1) is 6.10 Å². The lowest BCUT2D eigenvalue weighted by molar-refractivity contribution is 0.102. The Bertz CT molecular complexity index is 699. The van der Waals surface area contributed by atoms with Crippen LogP contribution in [-0.2, 0) is 0 Å². The van der Waals surface area contributed by atoms with Crippen molar-refractivity contribution in [1.82, 2.24) is 9.97 Å². The molecule has 0 saturated carbocycles. The molecule has 0 aliphatic carbocycles. The average molecular weight is 342 g/mol. The zero-order chi connectivity index (χ0) is 18.2. The van der Waals surface area contributed by atoms with E-state index >= 15 is 0 Å². The molecule has 6 nitrogen and oxygen atoms in total.